The molecule has 0 aliphatic carbocycles. The van der Waals surface area contributed by atoms with Gasteiger partial charge in [-0.1, -0.05) is 30.3 Å². The van der Waals surface area contributed by atoms with Crippen LogP contribution in [0, 0.1) is 6.92 Å². The molecular weight excluding hydrogens is 404 g/mol. The number of nitrogens with one attached hydrogen (secondary N) is 1. The molecule has 1 N–H and O–H groups in total. The minimum atomic E-state index is -0.218. The average Bonchev–Trinajstić information content (AvgIpc) is 3.33. The van der Waals surface area contributed by atoms with Gasteiger partial charge >= 0.3 is 0 Å². The zero-order chi connectivity index (χ0) is 22.5. The second-order valence-corrected chi connectivity index (χ2v) is 7.86. The van der Waals surface area contributed by atoms with Crippen LogP contribution in [-0.2, 0) is 6.54 Å². The maximum Gasteiger partial charge on any atom is 0.254 e. The van der Waals surface area contributed by atoms with Crippen molar-refractivity contribution in [3.05, 3.63) is 89.0 Å². The van der Waals surface area contributed by atoms with Crippen molar-refractivity contribution in [3.63, 3.8) is 0 Å². The maximum absolute atomic E-state index is 12.7. The summed E-state index contributed by atoms with van der Waals surface area (Å²) >= 11 is 0. The van der Waals surface area contributed by atoms with Crippen LogP contribution in [-0.4, -0.2) is 46.9 Å². The van der Waals surface area contributed by atoms with Gasteiger partial charge in [0.2, 0.25) is 0 Å². The molecule has 4 rings (SSSR count). The summed E-state index contributed by atoms with van der Waals surface area (Å²) < 4.78 is 5.22. The first-order valence-corrected chi connectivity index (χ1v) is 10.6. The molecule has 32 heavy (non-hydrogen) atoms. The number of hydrogen-bond acceptors (Lipinski definition) is 5. The highest BCUT2D eigenvalue weighted by Crippen LogP contribution is 2.26. The first-order valence-electron chi connectivity index (χ1n) is 10.6. The molecule has 0 spiro atoms. The SMILES string of the molecule is COc1cccc(CNC(=O)c2cnc(C3CCN(C(=O)c4ccccc4)C3)nc2C)c1. The number of hydrogen-bond donors (Lipinski definition) is 1. The number of ether oxygens (including phenoxy) is 1. The number of amides is 2. The largest absolute Gasteiger partial charge is 0.497 e. The second-order valence-electron chi connectivity index (χ2n) is 7.86. The highest BCUT2D eigenvalue weighted by atomic mass is 16.5. The van der Waals surface area contributed by atoms with Crippen molar-refractivity contribution in [2.24, 2.45) is 0 Å². The number of aromatic nitrogens is 2. The minimum absolute atomic E-state index is 0.0263. The Labute approximate surface area is 187 Å². The van der Waals surface area contributed by atoms with E-state index in [9.17, 15) is 9.59 Å². The van der Waals surface area contributed by atoms with E-state index in [0.29, 0.717) is 42.3 Å². The first kappa shape index (κ1) is 21.5. The third kappa shape index (κ3) is 4.77. The van der Waals surface area contributed by atoms with Crippen molar-refractivity contribution in [2.75, 3.05) is 20.2 Å². The van der Waals surface area contributed by atoms with E-state index in [0.717, 1.165) is 17.7 Å². The van der Waals surface area contributed by atoms with E-state index < -0.39 is 0 Å². The van der Waals surface area contributed by atoms with Gasteiger partial charge in [0.1, 0.15) is 11.6 Å². The van der Waals surface area contributed by atoms with Gasteiger partial charge in [0.25, 0.3) is 11.8 Å². The number of carbonyl (C=O) groups is 2. The molecule has 2 aromatic carbocycles. The normalized spacial score (nSPS) is 15.4. The van der Waals surface area contributed by atoms with Crippen LogP contribution in [0.15, 0.2) is 60.8 Å². The molecule has 1 unspecified atom stereocenters. The summed E-state index contributed by atoms with van der Waals surface area (Å²) in [6.45, 7) is 3.45. The molecule has 1 fully saturated rings. The van der Waals surface area contributed by atoms with E-state index in [1.54, 1.807) is 13.3 Å². The molecule has 7 nitrogen and oxygen atoms in total. The second kappa shape index (κ2) is 9.60. The number of rotatable bonds is 6. The maximum atomic E-state index is 12.7. The van der Waals surface area contributed by atoms with E-state index in [-0.39, 0.29) is 17.7 Å². The highest BCUT2D eigenvalue weighted by Gasteiger charge is 2.30. The van der Waals surface area contributed by atoms with Gasteiger partial charge in [0, 0.05) is 37.3 Å². The van der Waals surface area contributed by atoms with Gasteiger partial charge in [-0.05, 0) is 43.2 Å². The molecule has 3 aromatic rings. The van der Waals surface area contributed by atoms with Crippen LogP contribution in [0.4, 0.5) is 0 Å². The summed E-state index contributed by atoms with van der Waals surface area (Å²) in [5.74, 6) is 1.30. The van der Waals surface area contributed by atoms with Crippen molar-refractivity contribution in [1.82, 2.24) is 20.2 Å². The summed E-state index contributed by atoms with van der Waals surface area (Å²) in [5.41, 5.74) is 2.72. The number of methoxy groups -OCH3 is 1. The van der Waals surface area contributed by atoms with E-state index in [1.807, 2.05) is 66.4 Å². The van der Waals surface area contributed by atoms with Gasteiger partial charge in [-0.15, -0.1) is 0 Å². The van der Waals surface area contributed by atoms with Crippen LogP contribution in [0.1, 0.15) is 50.1 Å². The Hall–Kier alpha value is -3.74. The summed E-state index contributed by atoms with van der Waals surface area (Å²) in [5, 5.41) is 2.91. The van der Waals surface area contributed by atoms with Crippen LogP contribution in [0.25, 0.3) is 0 Å². The lowest BCUT2D eigenvalue weighted by Crippen LogP contribution is -2.28. The molecule has 0 saturated carbocycles. The lowest BCUT2D eigenvalue weighted by molar-refractivity contribution is 0.0790. The van der Waals surface area contributed by atoms with Crippen molar-refractivity contribution in [1.29, 1.82) is 0 Å². The number of nitrogens with zero attached hydrogens (tertiary/aromatic N) is 3. The summed E-state index contributed by atoms with van der Waals surface area (Å²) in [4.78, 5) is 36.2. The number of carbonyl (C=O) groups excluding carboxylic acids is 2. The Morgan fingerprint density at radius 3 is 2.72 bits per heavy atom. The van der Waals surface area contributed by atoms with Gasteiger partial charge in [0.15, 0.2) is 0 Å². The smallest absolute Gasteiger partial charge is 0.254 e. The van der Waals surface area contributed by atoms with E-state index in [1.165, 1.54) is 0 Å². The Morgan fingerprint density at radius 2 is 1.97 bits per heavy atom. The Kier molecular flexibility index (Phi) is 6.44. The molecule has 0 radical (unpaired) electrons. The Balaban J connectivity index is 1.38. The topological polar surface area (TPSA) is 84.4 Å². The molecule has 1 atom stereocenters. The fourth-order valence-corrected chi connectivity index (χ4v) is 3.88. The number of aryl methyl sites for hydroxylation is 1. The first-order chi connectivity index (χ1) is 15.5. The quantitative estimate of drug-likeness (QED) is 0.648. The van der Waals surface area contributed by atoms with Crippen LogP contribution < -0.4 is 10.1 Å². The van der Waals surface area contributed by atoms with Crippen molar-refractivity contribution >= 4 is 11.8 Å². The molecule has 2 heterocycles. The molecular formula is C25H26N4O3. The number of benzene rings is 2. The van der Waals surface area contributed by atoms with Gasteiger partial charge in [-0.2, -0.15) is 0 Å². The zero-order valence-corrected chi connectivity index (χ0v) is 18.2. The van der Waals surface area contributed by atoms with Gasteiger partial charge in [-0.3, -0.25) is 9.59 Å². The van der Waals surface area contributed by atoms with Crippen molar-refractivity contribution < 1.29 is 14.3 Å². The summed E-state index contributed by atoms with van der Waals surface area (Å²) in [6, 6.07) is 16.8. The van der Waals surface area contributed by atoms with E-state index in [4.69, 9.17) is 4.74 Å². The van der Waals surface area contributed by atoms with E-state index in [2.05, 4.69) is 15.3 Å². The summed E-state index contributed by atoms with van der Waals surface area (Å²) in [7, 11) is 1.61. The fourth-order valence-electron chi connectivity index (χ4n) is 3.88. The average molecular weight is 431 g/mol. The predicted octanol–water partition coefficient (Wildman–Crippen LogP) is 3.35. The van der Waals surface area contributed by atoms with Crippen LogP contribution in [0.2, 0.25) is 0 Å². The molecule has 1 saturated heterocycles. The van der Waals surface area contributed by atoms with Crippen LogP contribution in [0.5, 0.6) is 5.75 Å². The zero-order valence-electron chi connectivity index (χ0n) is 18.2. The van der Waals surface area contributed by atoms with Crippen molar-refractivity contribution in [2.45, 2.75) is 25.8 Å². The number of likely N-dealkylation sites (tertiary alicyclic amines) is 1. The Morgan fingerprint density at radius 1 is 1.16 bits per heavy atom. The van der Waals surface area contributed by atoms with Gasteiger partial charge in [-0.25, -0.2) is 9.97 Å². The third-order valence-corrected chi connectivity index (χ3v) is 5.69. The van der Waals surface area contributed by atoms with Crippen molar-refractivity contribution in [3.8, 4) is 5.75 Å². The van der Waals surface area contributed by atoms with Gasteiger partial charge in [0.05, 0.1) is 18.4 Å². The van der Waals surface area contributed by atoms with E-state index >= 15 is 0 Å². The summed E-state index contributed by atoms with van der Waals surface area (Å²) in [6.07, 6.45) is 2.39. The molecule has 164 valence electrons. The lowest BCUT2D eigenvalue weighted by Gasteiger charge is -2.16. The molecule has 1 aromatic heterocycles. The predicted molar refractivity (Wildman–Crippen MR) is 121 cm³/mol. The standard InChI is InChI=1S/C25H26N4O3/c1-17-22(24(30)27-14-18-7-6-10-21(13-18)32-2)15-26-23(28-17)20-11-12-29(16-20)25(31)19-8-4-3-5-9-19/h3-10,13,15,20H,11-12,14,16H2,1-2H3,(H,27,30). The third-order valence-electron chi connectivity index (χ3n) is 5.69. The molecule has 1 aliphatic heterocycles. The fraction of sp³-hybridized carbons (Fsp3) is 0.280. The minimum Gasteiger partial charge on any atom is -0.497 e. The molecule has 1 aliphatic rings. The van der Waals surface area contributed by atoms with Crippen LogP contribution in [0.3, 0.4) is 0 Å². The Bertz CT molecular complexity index is 1120. The monoisotopic (exact) mass is 430 g/mol. The molecule has 0 bridgehead atoms. The molecule has 7 heteroatoms. The van der Waals surface area contributed by atoms with Gasteiger partial charge < -0.3 is 15.0 Å². The lowest BCUT2D eigenvalue weighted by atomic mass is 10.1. The van der Waals surface area contributed by atoms with Crippen LogP contribution >= 0.6 is 0 Å². The highest BCUT2D eigenvalue weighted by molar-refractivity contribution is 5.95. The molecule has 2 amide bonds.